The fourth-order valence-corrected chi connectivity index (χ4v) is 3.89. The summed E-state index contributed by atoms with van der Waals surface area (Å²) in [4.78, 5) is 39.0. The van der Waals surface area contributed by atoms with E-state index in [1.807, 2.05) is 42.5 Å². The van der Waals surface area contributed by atoms with Gasteiger partial charge in [0.25, 0.3) is 5.91 Å². The van der Waals surface area contributed by atoms with Gasteiger partial charge in [-0.15, -0.1) is 11.3 Å². The molecule has 0 bridgehead atoms. The second kappa shape index (κ2) is 9.14. The van der Waals surface area contributed by atoms with E-state index < -0.39 is 0 Å². The van der Waals surface area contributed by atoms with Gasteiger partial charge in [-0.2, -0.15) is 0 Å². The van der Waals surface area contributed by atoms with Crippen LogP contribution in [0.5, 0.6) is 0 Å². The second-order valence-corrected chi connectivity index (χ2v) is 8.63. The molecular weight excluding hydrogens is 410 g/mol. The van der Waals surface area contributed by atoms with Gasteiger partial charge in [-0.3, -0.25) is 14.4 Å². The molecule has 3 aromatic rings. The van der Waals surface area contributed by atoms with E-state index >= 15 is 0 Å². The van der Waals surface area contributed by atoms with Crippen molar-refractivity contribution in [2.75, 3.05) is 22.6 Å². The molecule has 1 aliphatic carbocycles. The highest BCUT2D eigenvalue weighted by Gasteiger charge is 2.29. The zero-order valence-corrected chi connectivity index (χ0v) is 17.9. The number of nitrogens with zero attached hydrogens (tertiary/aromatic N) is 1. The van der Waals surface area contributed by atoms with Crippen molar-refractivity contribution < 1.29 is 14.4 Å². The van der Waals surface area contributed by atoms with Gasteiger partial charge in [-0.1, -0.05) is 30.3 Å². The number of benzene rings is 2. The Bertz CT molecular complexity index is 1090. The minimum Gasteiger partial charge on any atom is -0.321 e. The van der Waals surface area contributed by atoms with E-state index in [0.717, 1.165) is 24.1 Å². The number of amides is 3. The normalized spacial score (nSPS) is 12.8. The first kappa shape index (κ1) is 20.8. The first-order chi connectivity index (χ1) is 15.0. The predicted molar refractivity (Wildman–Crippen MR) is 124 cm³/mol. The van der Waals surface area contributed by atoms with E-state index in [1.165, 1.54) is 11.3 Å². The van der Waals surface area contributed by atoms with Crippen LogP contribution in [0.1, 0.15) is 28.1 Å². The Labute approximate surface area is 184 Å². The number of hydrogen-bond acceptors (Lipinski definition) is 4. The number of carbonyl (C=O) groups is 3. The van der Waals surface area contributed by atoms with Crippen LogP contribution in [0, 0.1) is 5.92 Å². The smallest absolute Gasteiger partial charge is 0.265 e. The van der Waals surface area contributed by atoms with Crippen LogP contribution in [0.25, 0.3) is 0 Å². The number of anilines is 3. The van der Waals surface area contributed by atoms with Gasteiger partial charge in [0, 0.05) is 24.3 Å². The lowest BCUT2D eigenvalue weighted by Crippen LogP contribution is -2.27. The molecule has 0 unspecified atom stereocenters. The van der Waals surface area contributed by atoms with Crippen LogP contribution < -0.4 is 15.5 Å². The maximum atomic E-state index is 12.5. The fraction of sp³-hybridized carbons (Fsp3) is 0.208. The van der Waals surface area contributed by atoms with Crippen LogP contribution in [-0.2, 0) is 16.0 Å². The van der Waals surface area contributed by atoms with Crippen molar-refractivity contribution in [3.63, 3.8) is 0 Å². The van der Waals surface area contributed by atoms with Crippen molar-refractivity contribution >= 4 is 45.4 Å². The van der Waals surface area contributed by atoms with Gasteiger partial charge in [0.05, 0.1) is 16.3 Å². The van der Waals surface area contributed by atoms with E-state index in [1.54, 1.807) is 36.2 Å². The largest absolute Gasteiger partial charge is 0.321 e. The summed E-state index contributed by atoms with van der Waals surface area (Å²) in [6.45, 7) is 0. The molecule has 7 heteroatoms. The molecule has 6 nitrogen and oxygen atoms in total. The average molecular weight is 434 g/mol. The third kappa shape index (κ3) is 5.38. The summed E-state index contributed by atoms with van der Waals surface area (Å²) in [5.74, 6) is -0.0963. The Morgan fingerprint density at radius 3 is 2.32 bits per heavy atom. The van der Waals surface area contributed by atoms with Gasteiger partial charge >= 0.3 is 0 Å². The Morgan fingerprint density at radius 2 is 1.65 bits per heavy atom. The van der Waals surface area contributed by atoms with Crippen molar-refractivity contribution in [1.82, 2.24) is 0 Å². The zero-order chi connectivity index (χ0) is 21.8. The summed E-state index contributed by atoms with van der Waals surface area (Å²) < 4.78 is 0. The van der Waals surface area contributed by atoms with E-state index in [0.29, 0.717) is 15.6 Å². The van der Waals surface area contributed by atoms with Crippen molar-refractivity contribution in [3.8, 4) is 0 Å². The monoisotopic (exact) mass is 433 g/mol. The van der Waals surface area contributed by atoms with Crippen LogP contribution in [0.2, 0.25) is 0 Å². The molecular formula is C24H23N3O3S. The lowest BCUT2D eigenvalue weighted by Gasteiger charge is -2.17. The molecule has 2 aromatic carbocycles. The van der Waals surface area contributed by atoms with Gasteiger partial charge in [-0.25, -0.2) is 0 Å². The number of carbonyl (C=O) groups excluding carboxylic acids is 3. The van der Waals surface area contributed by atoms with E-state index in [-0.39, 0.29) is 30.1 Å². The summed E-state index contributed by atoms with van der Waals surface area (Å²) in [5.41, 5.74) is 2.36. The summed E-state index contributed by atoms with van der Waals surface area (Å²) in [6.07, 6.45) is 2.15. The highest BCUT2D eigenvalue weighted by atomic mass is 32.1. The molecule has 31 heavy (non-hydrogen) atoms. The first-order valence-electron chi connectivity index (χ1n) is 10.1. The molecule has 1 fully saturated rings. The third-order valence-electron chi connectivity index (χ3n) is 5.11. The molecule has 0 radical (unpaired) electrons. The van der Waals surface area contributed by atoms with Gasteiger partial charge in [-0.05, 0) is 54.8 Å². The minimum atomic E-state index is -0.232. The Hall–Kier alpha value is -3.45. The van der Waals surface area contributed by atoms with Gasteiger partial charge in [0.1, 0.15) is 0 Å². The molecule has 1 saturated carbocycles. The molecule has 0 saturated heterocycles. The van der Waals surface area contributed by atoms with E-state index in [4.69, 9.17) is 0 Å². The molecule has 1 aliphatic rings. The van der Waals surface area contributed by atoms with Crippen LogP contribution in [0.15, 0.2) is 66.7 Å². The lowest BCUT2D eigenvalue weighted by molar-refractivity contribution is -0.118. The number of thiophene rings is 1. The van der Waals surface area contributed by atoms with E-state index in [9.17, 15) is 14.4 Å². The molecule has 158 valence electrons. The molecule has 0 aliphatic heterocycles. The summed E-state index contributed by atoms with van der Waals surface area (Å²) in [5, 5.41) is 6.38. The van der Waals surface area contributed by atoms with Gasteiger partial charge in [0.2, 0.25) is 11.8 Å². The van der Waals surface area contributed by atoms with Crippen LogP contribution in [-0.4, -0.2) is 24.8 Å². The molecule has 0 spiro atoms. The number of nitrogens with one attached hydrogen (secondary N) is 2. The lowest BCUT2D eigenvalue weighted by atomic mass is 10.1. The number of likely N-dealkylation sites (N-methyl/N-ethyl adjacent to an activating group) is 1. The summed E-state index contributed by atoms with van der Waals surface area (Å²) in [7, 11) is 1.76. The molecule has 1 aromatic heterocycles. The van der Waals surface area contributed by atoms with Crippen molar-refractivity contribution in [3.05, 3.63) is 77.2 Å². The molecule has 3 amide bonds. The zero-order valence-electron chi connectivity index (χ0n) is 17.1. The van der Waals surface area contributed by atoms with Crippen molar-refractivity contribution in [1.29, 1.82) is 0 Å². The van der Waals surface area contributed by atoms with Crippen molar-refractivity contribution in [2.45, 2.75) is 19.3 Å². The highest BCUT2D eigenvalue weighted by molar-refractivity contribution is 7.18. The number of hydrogen-bond donors (Lipinski definition) is 2. The highest BCUT2D eigenvalue weighted by Crippen LogP contribution is 2.31. The SMILES string of the molecule is CN(C(=O)Cc1ccc(NC(=O)c2ccc(NC(=O)C3CC3)s2)cc1)c1ccccc1. The van der Waals surface area contributed by atoms with Gasteiger partial charge in [0.15, 0.2) is 0 Å². The predicted octanol–water partition coefficient (Wildman–Crippen LogP) is 4.55. The second-order valence-electron chi connectivity index (χ2n) is 7.54. The molecule has 0 atom stereocenters. The minimum absolute atomic E-state index is 0.0117. The Kier molecular flexibility index (Phi) is 6.13. The number of rotatable bonds is 7. The van der Waals surface area contributed by atoms with Crippen LogP contribution >= 0.6 is 11.3 Å². The van der Waals surface area contributed by atoms with E-state index in [2.05, 4.69) is 10.6 Å². The molecule has 4 rings (SSSR count). The van der Waals surface area contributed by atoms with Gasteiger partial charge < -0.3 is 15.5 Å². The standard InChI is InChI=1S/C24H23N3O3S/c1-27(19-5-3-2-4-6-19)22(28)15-16-7-11-18(12-8-16)25-24(30)20-13-14-21(31-20)26-23(29)17-9-10-17/h2-8,11-14,17H,9-10,15H2,1H3,(H,25,30)(H,26,29). The quantitative estimate of drug-likeness (QED) is 0.574. The Balaban J connectivity index is 1.32. The maximum Gasteiger partial charge on any atom is 0.265 e. The average Bonchev–Trinajstić information content (AvgIpc) is 3.54. The van der Waals surface area contributed by atoms with Crippen LogP contribution in [0.4, 0.5) is 16.4 Å². The van der Waals surface area contributed by atoms with Crippen LogP contribution in [0.3, 0.4) is 0 Å². The number of para-hydroxylation sites is 1. The molecule has 1 heterocycles. The summed E-state index contributed by atoms with van der Waals surface area (Å²) >= 11 is 1.25. The first-order valence-corrected chi connectivity index (χ1v) is 10.9. The topological polar surface area (TPSA) is 78.5 Å². The summed E-state index contributed by atoms with van der Waals surface area (Å²) in [6, 6.07) is 20.2. The Morgan fingerprint density at radius 1 is 0.935 bits per heavy atom. The van der Waals surface area contributed by atoms with Crippen molar-refractivity contribution in [2.24, 2.45) is 5.92 Å². The third-order valence-corrected chi connectivity index (χ3v) is 6.11. The fourth-order valence-electron chi connectivity index (χ4n) is 3.08. The molecule has 2 N–H and O–H groups in total. The maximum absolute atomic E-state index is 12.5.